The van der Waals surface area contributed by atoms with E-state index in [2.05, 4.69) is 10.2 Å². The first-order chi connectivity index (χ1) is 11.1. The highest BCUT2D eigenvalue weighted by Gasteiger charge is 2.30. The van der Waals surface area contributed by atoms with Gasteiger partial charge in [-0.05, 0) is 37.1 Å². The van der Waals surface area contributed by atoms with Gasteiger partial charge in [-0.3, -0.25) is 9.79 Å². The number of aliphatic imine (C=N–C) groups is 1. The SMILES string of the molecule is CN1C(=NC2CCCC2)SCC1CC(=O)Nc1ccc(Cl)cc1.Cl. The summed E-state index contributed by atoms with van der Waals surface area (Å²) in [5.41, 5.74) is 0.785. The number of carbonyl (C=O) groups excluding carboxylic acids is 1. The van der Waals surface area contributed by atoms with Crippen molar-refractivity contribution in [3.05, 3.63) is 29.3 Å². The Morgan fingerprint density at radius 1 is 1.33 bits per heavy atom. The number of amides is 1. The van der Waals surface area contributed by atoms with Crippen LogP contribution in [0.3, 0.4) is 0 Å². The fourth-order valence-corrected chi connectivity index (χ4v) is 4.40. The van der Waals surface area contributed by atoms with Crippen molar-refractivity contribution in [1.82, 2.24) is 4.90 Å². The number of halogens is 2. The molecule has 3 rings (SSSR count). The van der Waals surface area contributed by atoms with E-state index in [4.69, 9.17) is 16.6 Å². The molecule has 1 aliphatic heterocycles. The topological polar surface area (TPSA) is 44.7 Å². The van der Waals surface area contributed by atoms with Crippen molar-refractivity contribution in [2.24, 2.45) is 4.99 Å². The first kappa shape index (κ1) is 19.4. The van der Waals surface area contributed by atoms with Crippen LogP contribution in [0.5, 0.6) is 0 Å². The molecule has 7 heteroatoms. The summed E-state index contributed by atoms with van der Waals surface area (Å²) in [4.78, 5) is 19.3. The number of thioether (sulfide) groups is 1. The first-order valence-electron chi connectivity index (χ1n) is 8.10. The number of rotatable bonds is 4. The van der Waals surface area contributed by atoms with Gasteiger partial charge in [-0.15, -0.1) is 12.4 Å². The van der Waals surface area contributed by atoms with Crippen LogP contribution in [0.15, 0.2) is 29.3 Å². The predicted molar refractivity (Wildman–Crippen MR) is 106 cm³/mol. The van der Waals surface area contributed by atoms with Gasteiger partial charge >= 0.3 is 0 Å². The van der Waals surface area contributed by atoms with Crippen molar-refractivity contribution < 1.29 is 4.79 Å². The summed E-state index contributed by atoms with van der Waals surface area (Å²) in [5.74, 6) is 0.961. The number of amidine groups is 1. The van der Waals surface area contributed by atoms with Crippen LogP contribution < -0.4 is 5.32 Å². The highest BCUT2D eigenvalue weighted by Crippen LogP contribution is 2.28. The molecule has 1 aromatic rings. The van der Waals surface area contributed by atoms with Gasteiger partial charge in [-0.1, -0.05) is 36.2 Å². The van der Waals surface area contributed by atoms with Crippen LogP contribution in [0.4, 0.5) is 5.69 Å². The molecule has 0 aromatic heterocycles. The largest absolute Gasteiger partial charge is 0.350 e. The molecule has 0 spiro atoms. The molecule has 132 valence electrons. The summed E-state index contributed by atoms with van der Waals surface area (Å²) in [6, 6.07) is 7.90. The lowest BCUT2D eigenvalue weighted by Gasteiger charge is -2.21. The molecule has 1 unspecified atom stereocenters. The predicted octanol–water partition coefficient (Wildman–Crippen LogP) is 4.44. The van der Waals surface area contributed by atoms with Crippen molar-refractivity contribution in [2.75, 3.05) is 18.1 Å². The van der Waals surface area contributed by atoms with Crippen LogP contribution in [0.1, 0.15) is 32.1 Å². The Morgan fingerprint density at radius 2 is 2.00 bits per heavy atom. The minimum Gasteiger partial charge on any atom is -0.350 e. The number of benzene rings is 1. The van der Waals surface area contributed by atoms with E-state index in [0.29, 0.717) is 17.5 Å². The monoisotopic (exact) mass is 387 g/mol. The summed E-state index contributed by atoms with van der Waals surface area (Å²) < 4.78 is 0. The summed E-state index contributed by atoms with van der Waals surface area (Å²) in [6.45, 7) is 0. The van der Waals surface area contributed by atoms with Gasteiger partial charge in [0.1, 0.15) is 0 Å². The lowest BCUT2D eigenvalue weighted by atomic mass is 10.2. The standard InChI is InChI=1S/C17H22ClN3OS.ClH/c1-21-15(11-23-17(21)20-13-4-2-3-5-13)10-16(22)19-14-8-6-12(18)7-9-14;/h6-9,13,15H,2-5,10-11H2,1H3,(H,19,22);1H. The van der Waals surface area contributed by atoms with Gasteiger partial charge in [-0.2, -0.15) is 0 Å². The summed E-state index contributed by atoms with van der Waals surface area (Å²) >= 11 is 7.63. The summed E-state index contributed by atoms with van der Waals surface area (Å²) in [5, 5.41) is 4.70. The fourth-order valence-electron chi connectivity index (χ4n) is 3.01. The number of hydrogen-bond acceptors (Lipinski definition) is 3. The molecule has 1 N–H and O–H groups in total. The number of anilines is 1. The zero-order valence-electron chi connectivity index (χ0n) is 13.7. The molecule has 4 nitrogen and oxygen atoms in total. The second-order valence-electron chi connectivity index (χ2n) is 6.18. The molecule has 1 heterocycles. The van der Waals surface area contributed by atoms with Crippen molar-refractivity contribution in [1.29, 1.82) is 0 Å². The van der Waals surface area contributed by atoms with Gasteiger partial charge in [0.2, 0.25) is 5.91 Å². The quantitative estimate of drug-likeness (QED) is 0.830. The molecule has 1 atom stereocenters. The first-order valence-corrected chi connectivity index (χ1v) is 9.47. The third kappa shape index (κ3) is 5.04. The molecular weight excluding hydrogens is 365 g/mol. The van der Waals surface area contributed by atoms with Crippen molar-refractivity contribution in [2.45, 2.75) is 44.2 Å². The minimum absolute atomic E-state index is 0. The van der Waals surface area contributed by atoms with Gasteiger partial charge in [0, 0.05) is 36.0 Å². The highest BCUT2D eigenvalue weighted by atomic mass is 35.5. The van der Waals surface area contributed by atoms with Crippen LogP contribution in [0.2, 0.25) is 5.02 Å². The third-order valence-electron chi connectivity index (χ3n) is 4.42. The third-order valence-corrected chi connectivity index (χ3v) is 5.88. The lowest BCUT2D eigenvalue weighted by molar-refractivity contribution is -0.116. The molecule has 1 saturated heterocycles. The van der Waals surface area contributed by atoms with E-state index in [-0.39, 0.29) is 24.4 Å². The van der Waals surface area contributed by atoms with Gasteiger partial charge in [0.05, 0.1) is 6.04 Å². The van der Waals surface area contributed by atoms with Crippen molar-refractivity contribution in [3.8, 4) is 0 Å². The van der Waals surface area contributed by atoms with Crippen LogP contribution in [-0.4, -0.2) is 40.9 Å². The second kappa shape index (κ2) is 8.97. The molecule has 0 radical (unpaired) electrons. The normalized spacial score (nSPS) is 22.7. The molecule has 1 aliphatic carbocycles. The summed E-state index contributed by atoms with van der Waals surface area (Å²) in [6.07, 6.45) is 5.49. The Labute approximate surface area is 158 Å². The van der Waals surface area contributed by atoms with E-state index < -0.39 is 0 Å². The van der Waals surface area contributed by atoms with Crippen LogP contribution in [0.25, 0.3) is 0 Å². The van der Waals surface area contributed by atoms with Crippen molar-refractivity contribution >= 4 is 52.5 Å². The fraction of sp³-hybridized carbons (Fsp3) is 0.529. The minimum atomic E-state index is 0. The number of nitrogens with one attached hydrogen (secondary N) is 1. The smallest absolute Gasteiger partial charge is 0.226 e. The Kier molecular flexibility index (Phi) is 7.26. The van der Waals surface area contributed by atoms with Crippen LogP contribution >= 0.6 is 35.8 Å². The van der Waals surface area contributed by atoms with Gasteiger partial charge < -0.3 is 10.2 Å². The van der Waals surface area contributed by atoms with E-state index >= 15 is 0 Å². The molecule has 1 saturated carbocycles. The van der Waals surface area contributed by atoms with Crippen molar-refractivity contribution in [3.63, 3.8) is 0 Å². The maximum atomic E-state index is 12.2. The number of hydrogen-bond donors (Lipinski definition) is 1. The Bertz CT molecular complexity index is 588. The maximum Gasteiger partial charge on any atom is 0.226 e. The molecule has 1 aromatic carbocycles. The van der Waals surface area contributed by atoms with E-state index in [1.807, 2.05) is 19.2 Å². The zero-order chi connectivity index (χ0) is 16.2. The molecule has 24 heavy (non-hydrogen) atoms. The Hall–Kier alpha value is -0.910. The average Bonchev–Trinajstić information content (AvgIpc) is 3.15. The molecular formula is C17H23Cl2N3OS. The van der Waals surface area contributed by atoms with Crippen LogP contribution in [0, 0.1) is 0 Å². The molecule has 2 fully saturated rings. The van der Waals surface area contributed by atoms with Crippen LogP contribution in [-0.2, 0) is 4.79 Å². The maximum absolute atomic E-state index is 12.2. The molecule has 2 aliphatic rings. The van der Waals surface area contributed by atoms with Gasteiger partial charge in [0.15, 0.2) is 5.17 Å². The van der Waals surface area contributed by atoms with E-state index in [9.17, 15) is 4.79 Å². The Balaban J connectivity index is 0.00000208. The van der Waals surface area contributed by atoms with E-state index in [1.54, 1.807) is 23.9 Å². The number of carbonyl (C=O) groups is 1. The van der Waals surface area contributed by atoms with E-state index in [1.165, 1.54) is 25.7 Å². The van der Waals surface area contributed by atoms with E-state index in [0.717, 1.165) is 16.6 Å². The van der Waals surface area contributed by atoms with Gasteiger partial charge in [-0.25, -0.2) is 0 Å². The lowest BCUT2D eigenvalue weighted by Crippen LogP contribution is -2.34. The van der Waals surface area contributed by atoms with Gasteiger partial charge in [0.25, 0.3) is 0 Å². The number of nitrogens with zero attached hydrogens (tertiary/aromatic N) is 2. The molecule has 1 amide bonds. The highest BCUT2D eigenvalue weighted by molar-refractivity contribution is 8.14. The second-order valence-corrected chi connectivity index (χ2v) is 7.61. The Morgan fingerprint density at radius 3 is 2.67 bits per heavy atom. The average molecular weight is 388 g/mol. The summed E-state index contributed by atoms with van der Waals surface area (Å²) in [7, 11) is 2.05. The zero-order valence-corrected chi connectivity index (χ0v) is 16.1. The molecule has 0 bridgehead atoms.